The van der Waals surface area contributed by atoms with E-state index in [1.807, 2.05) is 65.6 Å². The number of anilines is 1. The van der Waals surface area contributed by atoms with E-state index in [9.17, 15) is 10.1 Å². The third kappa shape index (κ3) is 5.67. The first-order valence-electron chi connectivity index (χ1n) is 12.5. The average molecular weight is 620 g/mol. The van der Waals surface area contributed by atoms with E-state index in [-0.39, 0.29) is 17.8 Å². The second-order valence-electron chi connectivity index (χ2n) is 9.17. The van der Waals surface area contributed by atoms with Crippen LogP contribution < -0.4 is 10.2 Å². The number of rotatable bonds is 7. The molecule has 204 valence electrons. The van der Waals surface area contributed by atoms with Crippen molar-refractivity contribution >= 4 is 63.7 Å². The van der Waals surface area contributed by atoms with E-state index in [1.165, 1.54) is 23.9 Å². The molecule has 5 aromatic rings. The van der Waals surface area contributed by atoms with Crippen molar-refractivity contribution in [2.75, 3.05) is 4.90 Å². The summed E-state index contributed by atoms with van der Waals surface area (Å²) < 4.78 is 6.41. The van der Waals surface area contributed by atoms with Gasteiger partial charge in [-0.05, 0) is 91.1 Å². The third-order valence-electron chi connectivity index (χ3n) is 6.62. The summed E-state index contributed by atoms with van der Waals surface area (Å²) in [7, 11) is 0. The second kappa shape index (κ2) is 11.5. The lowest BCUT2D eigenvalue weighted by atomic mass is 10.0. The normalized spacial score (nSPS) is 16.5. The molecular weight excluding hydrogens is 599 g/mol. The zero-order valence-electron chi connectivity index (χ0n) is 21.1. The van der Waals surface area contributed by atoms with Gasteiger partial charge in [-0.25, -0.2) is 0 Å². The Balaban J connectivity index is 1.32. The van der Waals surface area contributed by atoms with E-state index in [0.29, 0.717) is 26.7 Å². The SMILES string of the molecule is O=[N+]([O-])c1ccc(Sc2ccc(N3C(=S)N[C@@H](c4ccccn4)[C@@H]3c3ccc(-c4ccc(Cl)c(Cl)c4)o3)cc2)cc1. The number of pyridine rings is 1. The number of hydrogen-bond donors (Lipinski definition) is 1. The molecule has 1 fully saturated rings. The van der Waals surface area contributed by atoms with Gasteiger partial charge in [0.25, 0.3) is 5.69 Å². The molecule has 6 rings (SSSR count). The third-order valence-corrected chi connectivity index (χ3v) is 8.69. The van der Waals surface area contributed by atoms with Crippen molar-refractivity contribution in [3.63, 3.8) is 0 Å². The highest BCUT2D eigenvalue weighted by molar-refractivity contribution is 7.99. The predicted molar refractivity (Wildman–Crippen MR) is 166 cm³/mol. The van der Waals surface area contributed by atoms with Gasteiger partial charge < -0.3 is 14.6 Å². The average Bonchev–Trinajstić information content (AvgIpc) is 3.60. The molecule has 1 N–H and O–H groups in total. The number of benzene rings is 3. The highest BCUT2D eigenvalue weighted by Gasteiger charge is 2.42. The van der Waals surface area contributed by atoms with Gasteiger partial charge in [0.05, 0.1) is 26.7 Å². The fourth-order valence-electron chi connectivity index (χ4n) is 4.68. The van der Waals surface area contributed by atoms with Crippen LogP contribution in [0.2, 0.25) is 10.0 Å². The minimum atomic E-state index is -0.405. The van der Waals surface area contributed by atoms with Crippen molar-refractivity contribution in [3.05, 3.63) is 135 Å². The van der Waals surface area contributed by atoms with Crippen molar-refractivity contribution in [1.29, 1.82) is 0 Å². The maximum atomic E-state index is 11.0. The Kier molecular flexibility index (Phi) is 7.68. The Bertz CT molecular complexity index is 1730. The van der Waals surface area contributed by atoms with Crippen LogP contribution in [-0.4, -0.2) is 15.0 Å². The van der Waals surface area contributed by atoms with Crippen LogP contribution in [0.5, 0.6) is 0 Å². The van der Waals surface area contributed by atoms with E-state index in [2.05, 4.69) is 10.3 Å². The van der Waals surface area contributed by atoms with Gasteiger partial charge in [-0.1, -0.05) is 41.0 Å². The smallest absolute Gasteiger partial charge is 0.269 e. The van der Waals surface area contributed by atoms with Crippen LogP contribution in [0.15, 0.2) is 117 Å². The van der Waals surface area contributed by atoms with Crippen molar-refractivity contribution in [3.8, 4) is 11.3 Å². The first-order chi connectivity index (χ1) is 19.9. The Morgan fingerprint density at radius 1 is 0.927 bits per heavy atom. The molecule has 0 radical (unpaired) electrons. The summed E-state index contributed by atoms with van der Waals surface area (Å²) in [6.45, 7) is 0. The molecule has 1 aliphatic heterocycles. The molecule has 0 spiro atoms. The summed E-state index contributed by atoms with van der Waals surface area (Å²) >= 11 is 19.7. The largest absolute Gasteiger partial charge is 0.459 e. The lowest BCUT2D eigenvalue weighted by Crippen LogP contribution is -2.29. The number of nitrogens with one attached hydrogen (secondary N) is 1. The Morgan fingerprint density at radius 3 is 2.32 bits per heavy atom. The molecular formula is C30H20Cl2N4O3S2. The molecule has 3 aromatic carbocycles. The second-order valence-corrected chi connectivity index (χ2v) is 11.5. The zero-order valence-corrected chi connectivity index (χ0v) is 24.3. The summed E-state index contributed by atoms with van der Waals surface area (Å²) in [4.78, 5) is 19.1. The molecule has 0 amide bonds. The van der Waals surface area contributed by atoms with E-state index in [0.717, 1.165) is 26.7 Å². The molecule has 0 bridgehead atoms. The van der Waals surface area contributed by atoms with Gasteiger partial charge in [-0.3, -0.25) is 15.1 Å². The van der Waals surface area contributed by atoms with Crippen LogP contribution in [0.25, 0.3) is 11.3 Å². The standard InChI is InChI=1S/C30H20Cl2N4O3S2/c31-23-13-4-18(17-24(23)32)26-14-15-27(39-26)29-28(25-3-1-2-16-33-25)34-30(40)35(29)19-5-9-21(10-6-19)41-22-11-7-20(8-12-22)36(37)38/h1-17,28-29H,(H,34,40)/t28-,29-/m0/s1. The maximum absolute atomic E-state index is 11.0. The molecule has 11 heteroatoms. The zero-order chi connectivity index (χ0) is 28.5. The molecule has 2 atom stereocenters. The number of nitro benzene ring substituents is 1. The highest BCUT2D eigenvalue weighted by atomic mass is 35.5. The Morgan fingerprint density at radius 2 is 1.66 bits per heavy atom. The summed E-state index contributed by atoms with van der Waals surface area (Å²) in [5.41, 5.74) is 2.59. The fraction of sp³-hybridized carbons (Fsp3) is 0.0667. The van der Waals surface area contributed by atoms with E-state index >= 15 is 0 Å². The maximum Gasteiger partial charge on any atom is 0.269 e. The molecule has 1 saturated heterocycles. The van der Waals surface area contributed by atoms with Crippen LogP contribution in [0.3, 0.4) is 0 Å². The minimum Gasteiger partial charge on any atom is -0.459 e. The first kappa shape index (κ1) is 27.3. The van der Waals surface area contributed by atoms with Gasteiger partial charge in [0.1, 0.15) is 17.6 Å². The number of thiocarbonyl (C=S) groups is 1. The predicted octanol–water partition coefficient (Wildman–Crippen LogP) is 8.88. The summed E-state index contributed by atoms with van der Waals surface area (Å²) in [6, 6.07) is 28.9. The number of furan rings is 1. The highest BCUT2D eigenvalue weighted by Crippen LogP contribution is 2.43. The number of aromatic nitrogens is 1. The monoisotopic (exact) mass is 618 g/mol. The number of nitrogens with zero attached hydrogens (tertiary/aromatic N) is 3. The summed E-state index contributed by atoms with van der Waals surface area (Å²) in [5, 5.41) is 15.9. The molecule has 2 aromatic heterocycles. The van der Waals surface area contributed by atoms with Gasteiger partial charge in [0.2, 0.25) is 0 Å². The van der Waals surface area contributed by atoms with E-state index in [4.69, 9.17) is 39.8 Å². The summed E-state index contributed by atoms with van der Waals surface area (Å²) in [5.74, 6) is 1.37. The molecule has 0 saturated carbocycles. The van der Waals surface area contributed by atoms with Crippen molar-refractivity contribution < 1.29 is 9.34 Å². The quantitative estimate of drug-likeness (QED) is 0.110. The van der Waals surface area contributed by atoms with E-state index < -0.39 is 4.92 Å². The molecule has 0 unspecified atom stereocenters. The van der Waals surface area contributed by atoms with Crippen LogP contribution in [0.1, 0.15) is 23.5 Å². The van der Waals surface area contributed by atoms with Crippen LogP contribution in [0.4, 0.5) is 11.4 Å². The summed E-state index contributed by atoms with van der Waals surface area (Å²) in [6.07, 6.45) is 1.76. The number of halogens is 2. The number of hydrogen-bond acceptors (Lipinski definition) is 6. The van der Waals surface area contributed by atoms with Gasteiger partial charge in [-0.15, -0.1) is 0 Å². The van der Waals surface area contributed by atoms with E-state index in [1.54, 1.807) is 30.5 Å². The lowest BCUT2D eigenvalue weighted by Gasteiger charge is -2.26. The van der Waals surface area contributed by atoms with Crippen LogP contribution in [-0.2, 0) is 0 Å². The van der Waals surface area contributed by atoms with Gasteiger partial charge in [-0.2, -0.15) is 0 Å². The molecule has 3 heterocycles. The van der Waals surface area contributed by atoms with Crippen molar-refractivity contribution in [1.82, 2.24) is 10.3 Å². The van der Waals surface area contributed by atoms with Crippen LogP contribution in [0, 0.1) is 10.1 Å². The van der Waals surface area contributed by atoms with Gasteiger partial charge in [0.15, 0.2) is 5.11 Å². The minimum absolute atomic E-state index is 0.0634. The van der Waals surface area contributed by atoms with Crippen LogP contribution >= 0.6 is 47.2 Å². The van der Waals surface area contributed by atoms with Crippen molar-refractivity contribution in [2.24, 2.45) is 0 Å². The Labute approximate surface area is 255 Å². The number of non-ortho nitro benzene ring substituents is 1. The molecule has 7 nitrogen and oxygen atoms in total. The first-order valence-corrected chi connectivity index (χ1v) is 14.4. The van der Waals surface area contributed by atoms with Gasteiger partial charge in [0, 0.05) is 39.4 Å². The number of nitro groups is 1. The molecule has 1 aliphatic rings. The topological polar surface area (TPSA) is 84.4 Å². The Hall–Kier alpha value is -3.89. The van der Waals surface area contributed by atoms with Gasteiger partial charge >= 0.3 is 0 Å². The molecule has 41 heavy (non-hydrogen) atoms. The fourth-order valence-corrected chi connectivity index (χ4v) is 6.15. The lowest BCUT2D eigenvalue weighted by molar-refractivity contribution is -0.384. The van der Waals surface area contributed by atoms with Crippen molar-refractivity contribution in [2.45, 2.75) is 21.9 Å². The molecule has 0 aliphatic carbocycles.